The molecule has 0 spiro atoms. The van der Waals surface area contributed by atoms with Crippen LogP contribution in [0.15, 0.2) is 60.7 Å². The zero-order valence-electron chi connectivity index (χ0n) is 15.8. The molecule has 0 saturated heterocycles. The number of nitrogens with zero attached hydrogens (tertiary/aromatic N) is 3. The number of carbonyl (C=O) groups is 1. The molecule has 0 aliphatic carbocycles. The summed E-state index contributed by atoms with van der Waals surface area (Å²) in [6.45, 7) is 2.14. The molecule has 0 unspecified atom stereocenters. The first kappa shape index (κ1) is 18.0. The van der Waals surface area contributed by atoms with Crippen molar-refractivity contribution in [2.75, 3.05) is 18.6 Å². The van der Waals surface area contributed by atoms with Crippen molar-refractivity contribution in [3.8, 4) is 5.75 Å². The fraction of sp³-hybridized carbons (Fsp3) is 0.227. The summed E-state index contributed by atoms with van der Waals surface area (Å²) in [5.74, 6) is 1.34. The van der Waals surface area contributed by atoms with Crippen LogP contribution >= 0.6 is 0 Å². The normalized spacial score (nSPS) is 13.0. The second kappa shape index (κ2) is 8.08. The molecule has 6 nitrogen and oxygen atoms in total. The van der Waals surface area contributed by atoms with E-state index in [2.05, 4.69) is 44.7 Å². The molecule has 3 aromatic rings. The van der Waals surface area contributed by atoms with Gasteiger partial charge >= 0.3 is 0 Å². The number of rotatable bonds is 5. The van der Waals surface area contributed by atoms with Gasteiger partial charge in [0.05, 0.1) is 7.11 Å². The molecule has 2 heterocycles. The van der Waals surface area contributed by atoms with Crippen LogP contribution in [-0.4, -0.2) is 29.8 Å². The Morgan fingerprint density at radius 2 is 1.82 bits per heavy atom. The highest BCUT2D eigenvalue weighted by Crippen LogP contribution is 2.22. The largest absolute Gasteiger partial charge is 0.497 e. The third-order valence-electron chi connectivity index (χ3n) is 4.95. The van der Waals surface area contributed by atoms with Crippen molar-refractivity contribution in [3.63, 3.8) is 0 Å². The maximum Gasteiger partial charge on any atom is 0.272 e. The highest BCUT2D eigenvalue weighted by Gasteiger charge is 2.18. The molecule has 6 heteroatoms. The first-order valence-electron chi connectivity index (χ1n) is 9.29. The molecular formula is C22H22N4O2. The summed E-state index contributed by atoms with van der Waals surface area (Å²) < 4.78 is 5.14. The molecule has 2 aromatic carbocycles. The average molecular weight is 374 g/mol. The minimum Gasteiger partial charge on any atom is -0.497 e. The lowest BCUT2D eigenvalue weighted by atomic mass is 10.00. The van der Waals surface area contributed by atoms with E-state index in [1.54, 1.807) is 13.2 Å². The average Bonchev–Trinajstić information content (AvgIpc) is 2.77. The van der Waals surface area contributed by atoms with Crippen LogP contribution in [0.3, 0.4) is 0 Å². The van der Waals surface area contributed by atoms with Crippen molar-refractivity contribution in [3.05, 3.63) is 83.0 Å². The topological polar surface area (TPSA) is 67.3 Å². The van der Waals surface area contributed by atoms with Gasteiger partial charge in [0.15, 0.2) is 11.5 Å². The van der Waals surface area contributed by atoms with Crippen molar-refractivity contribution in [1.82, 2.24) is 15.5 Å². The van der Waals surface area contributed by atoms with E-state index in [-0.39, 0.29) is 5.91 Å². The quantitative estimate of drug-likeness (QED) is 0.744. The molecule has 1 N–H and O–H groups in total. The molecule has 28 heavy (non-hydrogen) atoms. The van der Waals surface area contributed by atoms with E-state index in [1.807, 2.05) is 30.3 Å². The Hall–Kier alpha value is -3.41. The predicted molar refractivity (Wildman–Crippen MR) is 107 cm³/mol. The highest BCUT2D eigenvalue weighted by molar-refractivity contribution is 5.92. The second-order valence-corrected chi connectivity index (χ2v) is 6.75. The molecule has 1 aromatic heterocycles. The number of fused-ring (bicyclic) bond motifs is 1. The van der Waals surface area contributed by atoms with Crippen LogP contribution in [0.5, 0.6) is 5.75 Å². The Morgan fingerprint density at radius 1 is 1.04 bits per heavy atom. The van der Waals surface area contributed by atoms with Crippen molar-refractivity contribution >= 4 is 11.7 Å². The van der Waals surface area contributed by atoms with Gasteiger partial charge in [-0.05, 0) is 47.4 Å². The highest BCUT2D eigenvalue weighted by atomic mass is 16.5. The monoisotopic (exact) mass is 374 g/mol. The summed E-state index contributed by atoms with van der Waals surface area (Å²) in [5, 5.41) is 11.3. The van der Waals surface area contributed by atoms with E-state index in [4.69, 9.17) is 4.74 Å². The summed E-state index contributed by atoms with van der Waals surface area (Å²) in [6, 6.07) is 19.6. The van der Waals surface area contributed by atoms with Crippen LogP contribution in [0.1, 0.15) is 27.2 Å². The maximum atomic E-state index is 12.3. The Kier molecular flexibility index (Phi) is 5.19. The van der Waals surface area contributed by atoms with Gasteiger partial charge in [0, 0.05) is 19.6 Å². The predicted octanol–water partition coefficient (Wildman–Crippen LogP) is 2.98. The third-order valence-corrected chi connectivity index (χ3v) is 4.95. The van der Waals surface area contributed by atoms with Crippen LogP contribution < -0.4 is 15.0 Å². The van der Waals surface area contributed by atoms with Crippen molar-refractivity contribution in [2.45, 2.75) is 19.5 Å². The van der Waals surface area contributed by atoms with Crippen LogP contribution in [0.4, 0.5) is 5.82 Å². The zero-order valence-corrected chi connectivity index (χ0v) is 15.8. The van der Waals surface area contributed by atoms with E-state index >= 15 is 0 Å². The van der Waals surface area contributed by atoms with Crippen molar-refractivity contribution in [2.24, 2.45) is 0 Å². The lowest BCUT2D eigenvalue weighted by molar-refractivity contribution is 0.0945. The molecule has 4 rings (SSSR count). The summed E-state index contributed by atoms with van der Waals surface area (Å²) in [7, 11) is 1.63. The van der Waals surface area contributed by atoms with Gasteiger partial charge in [-0.1, -0.05) is 36.4 Å². The Bertz CT molecular complexity index is 955. The molecule has 1 aliphatic heterocycles. The first-order valence-corrected chi connectivity index (χ1v) is 9.29. The van der Waals surface area contributed by atoms with Gasteiger partial charge in [0.1, 0.15) is 5.75 Å². The number of carbonyl (C=O) groups excluding carboxylic acids is 1. The number of ether oxygens (including phenoxy) is 1. The van der Waals surface area contributed by atoms with Crippen LogP contribution in [0.25, 0.3) is 0 Å². The van der Waals surface area contributed by atoms with Crippen LogP contribution in [0.2, 0.25) is 0 Å². The standard InChI is InChI=1S/C22H22N4O2/c1-28-19-8-6-16(7-9-19)14-23-22(27)20-10-11-21(25-24-20)26-13-12-17-4-2-3-5-18(17)15-26/h2-11H,12-15H2,1H3,(H,23,27). The number of methoxy groups -OCH3 is 1. The first-order chi connectivity index (χ1) is 13.7. The molecular weight excluding hydrogens is 352 g/mol. The van der Waals surface area contributed by atoms with Crippen molar-refractivity contribution < 1.29 is 9.53 Å². The number of hydrogen-bond acceptors (Lipinski definition) is 5. The van der Waals surface area contributed by atoms with Gasteiger partial charge in [-0.2, -0.15) is 0 Å². The minimum absolute atomic E-state index is 0.237. The van der Waals surface area contributed by atoms with Crippen LogP contribution in [-0.2, 0) is 19.5 Å². The van der Waals surface area contributed by atoms with Gasteiger partial charge in [-0.3, -0.25) is 4.79 Å². The van der Waals surface area contributed by atoms with Gasteiger partial charge < -0.3 is 15.0 Å². The molecule has 0 fully saturated rings. The second-order valence-electron chi connectivity index (χ2n) is 6.75. The molecule has 0 atom stereocenters. The maximum absolute atomic E-state index is 12.3. The summed E-state index contributed by atoms with van der Waals surface area (Å²) >= 11 is 0. The Balaban J connectivity index is 1.37. The molecule has 142 valence electrons. The minimum atomic E-state index is -0.237. The number of benzene rings is 2. The van der Waals surface area contributed by atoms with E-state index < -0.39 is 0 Å². The smallest absolute Gasteiger partial charge is 0.272 e. The van der Waals surface area contributed by atoms with Gasteiger partial charge in [0.25, 0.3) is 5.91 Å². The summed E-state index contributed by atoms with van der Waals surface area (Å²) in [5.41, 5.74) is 4.01. The fourth-order valence-electron chi connectivity index (χ4n) is 3.32. The van der Waals surface area contributed by atoms with Crippen LogP contribution in [0, 0.1) is 0 Å². The zero-order chi connectivity index (χ0) is 19.3. The fourth-order valence-corrected chi connectivity index (χ4v) is 3.32. The van der Waals surface area contributed by atoms with Gasteiger partial charge in [-0.15, -0.1) is 10.2 Å². The molecule has 0 saturated carbocycles. The van der Waals surface area contributed by atoms with E-state index in [9.17, 15) is 4.79 Å². The molecule has 1 aliphatic rings. The lowest BCUT2D eigenvalue weighted by Gasteiger charge is -2.29. The summed E-state index contributed by atoms with van der Waals surface area (Å²) in [6.07, 6.45) is 0.988. The van der Waals surface area contributed by atoms with Gasteiger partial charge in [-0.25, -0.2) is 0 Å². The number of hydrogen-bond donors (Lipinski definition) is 1. The molecule has 1 amide bonds. The molecule has 0 bridgehead atoms. The Morgan fingerprint density at radius 3 is 2.54 bits per heavy atom. The molecule has 0 radical (unpaired) electrons. The lowest BCUT2D eigenvalue weighted by Crippen LogP contribution is -2.31. The number of nitrogens with one attached hydrogen (secondary N) is 1. The van der Waals surface area contributed by atoms with Crippen molar-refractivity contribution in [1.29, 1.82) is 0 Å². The Labute approximate surface area is 164 Å². The van der Waals surface area contributed by atoms with E-state index in [1.165, 1.54) is 11.1 Å². The SMILES string of the molecule is COc1ccc(CNC(=O)c2ccc(N3CCc4ccccc4C3)nn2)cc1. The number of anilines is 1. The summed E-state index contributed by atoms with van der Waals surface area (Å²) in [4.78, 5) is 14.5. The third kappa shape index (κ3) is 3.96. The number of aromatic nitrogens is 2. The number of amides is 1. The van der Waals surface area contributed by atoms with Gasteiger partial charge in [0.2, 0.25) is 0 Å². The van der Waals surface area contributed by atoms with E-state index in [0.717, 1.165) is 36.6 Å². The van der Waals surface area contributed by atoms with E-state index in [0.29, 0.717) is 12.2 Å².